The number of nitrogens with zero attached hydrogens (tertiary/aromatic N) is 4. The van der Waals surface area contributed by atoms with Crippen molar-refractivity contribution in [1.29, 1.82) is 0 Å². The lowest BCUT2D eigenvalue weighted by Crippen LogP contribution is -2.31. The van der Waals surface area contributed by atoms with Crippen LogP contribution in [0.4, 0.5) is 17.2 Å². The number of aromatic nitrogens is 4. The molecule has 1 aromatic carbocycles. The minimum absolute atomic E-state index is 0.00695. The number of aromatic amines is 1. The number of carbonyl (C=O) groups is 1. The molecule has 0 spiro atoms. The Balaban J connectivity index is 2.02. The van der Waals surface area contributed by atoms with Gasteiger partial charge in [-0.25, -0.2) is 0 Å². The fourth-order valence-electron chi connectivity index (χ4n) is 2.88. The molecule has 11 heteroatoms. The minimum Gasteiger partial charge on any atom is -0.503 e. The van der Waals surface area contributed by atoms with Crippen LogP contribution in [0.3, 0.4) is 0 Å². The van der Waals surface area contributed by atoms with Gasteiger partial charge in [-0.1, -0.05) is 30.3 Å². The van der Waals surface area contributed by atoms with E-state index in [-0.39, 0.29) is 22.9 Å². The van der Waals surface area contributed by atoms with E-state index in [0.717, 1.165) is 10.2 Å². The maximum absolute atomic E-state index is 12.7. The van der Waals surface area contributed by atoms with Crippen molar-refractivity contribution in [2.24, 2.45) is 14.1 Å². The summed E-state index contributed by atoms with van der Waals surface area (Å²) in [4.78, 5) is 38.8. The highest BCUT2D eigenvalue weighted by molar-refractivity contribution is 5.97. The minimum atomic E-state index is -0.546. The highest BCUT2D eigenvalue weighted by Gasteiger charge is 2.25. The second-order valence-electron chi connectivity index (χ2n) is 6.89. The summed E-state index contributed by atoms with van der Waals surface area (Å²) < 4.78 is 2.22. The number of nitrogens with one attached hydrogen (secondary N) is 3. The smallest absolute Gasteiger partial charge is 0.290 e. The number of rotatable bonds is 6. The Morgan fingerprint density at radius 2 is 1.83 bits per heavy atom. The summed E-state index contributed by atoms with van der Waals surface area (Å²) in [6.07, 6.45) is 0. The van der Waals surface area contributed by atoms with Gasteiger partial charge in [-0.15, -0.1) is 0 Å². The predicted octanol–water partition coefficient (Wildman–Crippen LogP) is 0.570. The van der Waals surface area contributed by atoms with Gasteiger partial charge >= 0.3 is 0 Å². The van der Waals surface area contributed by atoms with Crippen molar-refractivity contribution in [3.63, 3.8) is 0 Å². The van der Waals surface area contributed by atoms with Gasteiger partial charge in [-0.05, 0) is 5.56 Å². The SMILES string of the molecule is CN(C)C(=O)c1c(O)c(Nc2c(NCc3ccccc3)c(=O)[nH]n(C)c2=O)nn1C. The van der Waals surface area contributed by atoms with Gasteiger partial charge in [-0.2, -0.15) is 5.10 Å². The largest absolute Gasteiger partial charge is 0.503 e. The Kier molecular flexibility index (Phi) is 5.63. The molecule has 0 saturated heterocycles. The summed E-state index contributed by atoms with van der Waals surface area (Å²) in [5.74, 6) is -1.00. The van der Waals surface area contributed by atoms with Crippen LogP contribution in [0.5, 0.6) is 5.75 Å². The number of benzene rings is 1. The van der Waals surface area contributed by atoms with E-state index in [1.165, 1.54) is 23.7 Å². The molecule has 0 bridgehead atoms. The molecule has 2 aromatic heterocycles. The van der Waals surface area contributed by atoms with Gasteiger partial charge < -0.3 is 20.6 Å². The zero-order chi connectivity index (χ0) is 22.0. The predicted molar refractivity (Wildman–Crippen MR) is 112 cm³/mol. The molecule has 4 N–H and O–H groups in total. The number of amides is 1. The van der Waals surface area contributed by atoms with Crippen LogP contribution in [-0.4, -0.2) is 49.6 Å². The number of carbonyl (C=O) groups excluding carboxylic acids is 1. The third kappa shape index (κ3) is 3.90. The molecule has 0 aliphatic heterocycles. The number of aromatic hydroxyl groups is 1. The first-order valence-electron chi connectivity index (χ1n) is 9.06. The lowest BCUT2D eigenvalue weighted by Gasteiger charge is -2.13. The molecule has 158 valence electrons. The van der Waals surface area contributed by atoms with Crippen molar-refractivity contribution in [2.45, 2.75) is 6.54 Å². The van der Waals surface area contributed by atoms with Gasteiger partial charge in [0.2, 0.25) is 0 Å². The number of anilines is 3. The molecule has 2 heterocycles. The number of hydrogen-bond acceptors (Lipinski definition) is 7. The first-order valence-corrected chi connectivity index (χ1v) is 9.06. The third-order valence-corrected chi connectivity index (χ3v) is 4.45. The molecule has 0 aliphatic rings. The quantitative estimate of drug-likeness (QED) is 0.464. The van der Waals surface area contributed by atoms with E-state index < -0.39 is 22.8 Å². The van der Waals surface area contributed by atoms with Crippen molar-refractivity contribution in [2.75, 3.05) is 24.7 Å². The molecule has 1 amide bonds. The van der Waals surface area contributed by atoms with E-state index in [4.69, 9.17) is 0 Å². The van der Waals surface area contributed by atoms with E-state index >= 15 is 0 Å². The van der Waals surface area contributed by atoms with Gasteiger partial charge in [0.05, 0.1) is 0 Å². The molecule has 0 atom stereocenters. The second-order valence-corrected chi connectivity index (χ2v) is 6.89. The molecule has 30 heavy (non-hydrogen) atoms. The normalized spacial score (nSPS) is 10.7. The van der Waals surface area contributed by atoms with Crippen LogP contribution in [0.25, 0.3) is 0 Å². The zero-order valence-corrected chi connectivity index (χ0v) is 17.1. The average Bonchev–Trinajstić information content (AvgIpc) is 2.98. The lowest BCUT2D eigenvalue weighted by molar-refractivity contribution is 0.0814. The first kappa shape index (κ1) is 20.7. The van der Waals surface area contributed by atoms with Gasteiger partial charge in [0.15, 0.2) is 17.3 Å². The van der Waals surface area contributed by atoms with E-state index in [2.05, 4.69) is 20.8 Å². The molecular formula is C19H23N7O4. The van der Waals surface area contributed by atoms with Gasteiger partial charge in [-0.3, -0.25) is 28.8 Å². The first-order chi connectivity index (χ1) is 14.2. The van der Waals surface area contributed by atoms with Crippen LogP contribution >= 0.6 is 0 Å². The maximum atomic E-state index is 12.7. The van der Waals surface area contributed by atoms with Gasteiger partial charge in [0.25, 0.3) is 17.0 Å². The standard InChI is InChI=1S/C19H23N7O4/c1-24(2)19(30)14-15(27)16(22-25(14)3)21-13-12(17(28)23-26(4)18(13)29)20-10-11-8-6-5-7-9-11/h5-9,20,27H,10H2,1-4H3,(H,21,22)(H,23,28). The van der Waals surface area contributed by atoms with Crippen LogP contribution in [0, 0.1) is 0 Å². The molecule has 0 fully saturated rings. The maximum Gasteiger partial charge on any atom is 0.290 e. The Morgan fingerprint density at radius 1 is 1.17 bits per heavy atom. The van der Waals surface area contributed by atoms with E-state index in [1.54, 1.807) is 14.1 Å². The Labute approximate surface area is 171 Å². The number of hydrogen-bond donors (Lipinski definition) is 4. The van der Waals surface area contributed by atoms with Crippen molar-refractivity contribution in [1.82, 2.24) is 24.5 Å². The molecule has 0 radical (unpaired) electrons. The van der Waals surface area contributed by atoms with Crippen molar-refractivity contribution >= 4 is 23.1 Å². The van der Waals surface area contributed by atoms with Gasteiger partial charge in [0.1, 0.15) is 11.4 Å². The molecule has 0 unspecified atom stereocenters. The summed E-state index contributed by atoms with van der Waals surface area (Å²) in [5, 5.41) is 22.7. The lowest BCUT2D eigenvalue weighted by atomic mass is 10.2. The van der Waals surface area contributed by atoms with Crippen LogP contribution < -0.4 is 21.8 Å². The number of H-pyrrole nitrogens is 1. The highest BCUT2D eigenvalue weighted by Crippen LogP contribution is 2.30. The summed E-state index contributed by atoms with van der Waals surface area (Å²) in [6, 6.07) is 9.34. The van der Waals surface area contributed by atoms with Crippen molar-refractivity contribution in [3.05, 3.63) is 62.3 Å². The van der Waals surface area contributed by atoms with Crippen LogP contribution in [0.15, 0.2) is 39.9 Å². The summed E-state index contributed by atoms with van der Waals surface area (Å²) >= 11 is 0. The van der Waals surface area contributed by atoms with Crippen LogP contribution in [0.1, 0.15) is 16.1 Å². The fraction of sp³-hybridized carbons (Fsp3) is 0.263. The van der Waals surface area contributed by atoms with E-state index in [1.807, 2.05) is 30.3 Å². The molecule has 11 nitrogen and oxygen atoms in total. The van der Waals surface area contributed by atoms with Crippen molar-refractivity contribution < 1.29 is 9.90 Å². The third-order valence-electron chi connectivity index (χ3n) is 4.45. The van der Waals surface area contributed by atoms with Crippen LogP contribution in [0.2, 0.25) is 0 Å². The average molecular weight is 413 g/mol. The second kappa shape index (κ2) is 8.15. The van der Waals surface area contributed by atoms with E-state index in [0.29, 0.717) is 6.54 Å². The highest BCUT2D eigenvalue weighted by atomic mass is 16.3. The topological polar surface area (TPSA) is 137 Å². The monoisotopic (exact) mass is 413 g/mol. The molecular weight excluding hydrogens is 390 g/mol. The molecule has 0 aliphatic carbocycles. The Morgan fingerprint density at radius 3 is 2.47 bits per heavy atom. The molecule has 3 rings (SSSR count). The van der Waals surface area contributed by atoms with Crippen LogP contribution in [-0.2, 0) is 20.6 Å². The fourth-order valence-corrected chi connectivity index (χ4v) is 2.88. The summed E-state index contributed by atoms with van der Waals surface area (Å²) in [6.45, 7) is 0.296. The molecule has 3 aromatic rings. The summed E-state index contributed by atoms with van der Waals surface area (Å²) in [5.41, 5.74) is -0.334. The van der Waals surface area contributed by atoms with Crippen molar-refractivity contribution in [3.8, 4) is 5.75 Å². The van der Waals surface area contributed by atoms with Gasteiger partial charge in [0, 0.05) is 34.7 Å². The summed E-state index contributed by atoms with van der Waals surface area (Å²) in [7, 11) is 5.97. The molecule has 0 saturated carbocycles. The Bertz CT molecular complexity index is 1190. The Hall–Kier alpha value is -4.02. The number of aryl methyl sites for hydroxylation is 2. The zero-order valence-electron chi connectivity index (χ0n) is 17.1. The van der Waals surface area contributed by atoms with E-state index in [9.17, 15) is 19.5 Å².